The summed E-state index contributed by atoms with van der Waals surface area (Å²) >= 11 is 3.49. The molecule has 3 nitrogen and oxygen atoms in total. The number of rotatable bonds is 3. The van der Waals surface area contributed by atoms with E-state index in [-0.39, 0.29) is 0 Å². The van der Waals surface area contributed by atoms with Gasteiger partial charge in [-0.3, -0.25) is 4.98 Å². The first kappa shape index (κ1) is 14.3. The normalized spacial score (nSPS) is 11.2. The van der Waals surface area contributed by atoms with E-state index in [2.05, 4.69) is 67.9 Å². The minimum atomic E-state index is 0.811. The van der Waals surface area contributed by atoms with E-state index in [9.17, 15) is 0 Å². The van der Waals surface area contributed by atoms with Crippen LogP contribution in [0.2, 0.25) is 0 Å². The van der Waals surface area contributed by atoms with Crippen molar-refractivity contribution in [3.63, 3.8) is 0 Å². The average molecular weight is 367 g/mol. The second-order valence-corrected chi connectivity index (χ2v) is 6.38. The second kappa shape index (κ2) is 5.70. The van der Waals surface area contributed by atoms with Gasteiger partial charge in [0.2, 0.25) is 0 Å². The standard InChI is InChI=1S/C19H15BrN2O/c1-23-15-8-9-17-16(11-15)19-18(3-2-10-21-19)22(17)12-13-4-6-14(20)7-5-13/h2-11H,12H2,1H3. The van der Waals surface area contributed by atoms with Crippen molar-refractivity contribution in [2.75, 3.05) is 7.11 Å². The number of methoxy groups -OCH3 is 1. The summed E-state index contributed by atoms with van der Waals surface area (Å²) in [6, 6.07) is 18.7. The van der Waals surface area contributed by atoms with Crippen molar-refractivity contribution in [2.24, 2.45) is 0 Å². The van der Waals surface area contributed by atoms with Crippen LogP contribution >= 0.6 is 15.9 Å². The van der Waals surface area contributed by atoms with E-state index in [4.69, 9.17) is 4.74 Å². The van der Waals surface area contributed by atoms with Crippen LogP contribution in [0.3, 0.4) is 0 Å². The molecule has 0 aliphatic heterocycles. The van der Waals surface area contributed by atoms with Gasteiger partial charge in [0.1, 0.15) is 5.75 Å². The van der Waals surface area contributed by atoms with Crippen LogP contribution in [0.15, 0.2) is 65.3 Å². The number of pyridine rings is 1. The number of hydrogen-bond acceptors (Lipinski definition) is 2. The molecule has 2 heterocycles. The Labute approximate surface area is 142 Å². The Morgan fingerprint density at radius 1 is 1.04 bits per heavy atom. The maximum absolute atomic E-state index is 5.37. The number of fused-ring (bicyclic) bond motifs is 3. The van der Waals surface area contributed by atoms with Crippen LogP contribution in [0, 0.1) is 0 Å². The molecule has 0 fully saturated rings. The molecule has 0 unspecified atom stereocenters. The Hall–Kier alpha value is -2.33. The highest BCUT2D eigenvalue weighted by Gasteiger charge is 2.12. The summed E-state index contributed by atoms with van der Waals surface area (Å²) in [6.45, 7) is 0.811. The van der Waals surface area contributed by atoms with Crippen LogP contribution in [0.25, 0.3) is 21.9 Å². The first-order chi connectivity index (χ1) is 11.3. The third-order valence-corrected chi connectivity index (χ3v) is 4.61. The zero-order valence-corrected chi connectivity index (χ0v) is 14.2. The zero-order chi connectivity index (χ0) is 15.8. The lowest BCUT2D eigenvalue weighted by atomic mass is 10.2. The second-order valence-electron chi connectivity index (χ2n) is 5.47. The molecule has 2 aromatic carbocycles. The van der Waals surface area contributed by atoms with Crippen molar-refractivity contribution in [3.05, 3.63) is 70.8 Å². The molecule has 0 amide bonds. The number of hydrogen-bond donors (Lipinski definition) is 0. The van der Waals surface area contributed by atoms with E-state index in [0.717, 1.165) is 33.2 Å². The number of nitrogens with zero attached hydrogens (tertiary/aromatic N) is 2. The van der Waals surface area contributed by atoms with E-state index >= 15 is 0 Å². The molecule has 0 aliphatic carbocycles. The Morgan fingerprint density at radius 2 is 1.87 bits per heavy atom. The molecule has 0 saturated heterocycles. The summed E-state index contributed by atoms with van der Waals surface area (Å²) in [4.78, 5) is 4.58. The minimum Gasteiger partial charge on any atom is -0.497 e. The van der Waals surface area contributed by atoms with Gasteiger partial charge in [0.05, 0.1) is 23.7 Å². The van der Waals surface area contributed by atoms with Gasteiger partial charge >= 0.3 is 0 Å². The summed E-state index contributed by atoms with van der Waals surface area (Å²) in [5.41, 5.74) is 4.58. The molecular weight excluding hydrogens is 352 g/mol. The van der Waals surface area contributed by atoms with E-state index in [1.807, 2.05) is 18.3 Å². The van der Waals surface area contributed by atoms with E-state index in [1.165, 1.54) is 11.1 Å². The first-order valence-electron chi connectivity index (χ1n) is 7.41. The van der Waals surface area contributed by atoms with Crippen molar-refractivity contribution in [1.82, 2.24) is 9.55 Å². The summed E-state index contributed by atoms with van der Waals surface area (Å²) in [5.74, 6) is 0.853. The lowest BCUT2D eigenvalue weighted by Crippen LogP contribution is -1.99. The predicted octanol–water partition coefficient (Wildman–Crippen LogP) is 5.01. The van der Waals surface area contributed by atoms with Crippen LogP contribution in [0.5, 0.6) is 5.75 Å². The minimum absolute atomic E-state index is 0.811. The largest absolute Gasteiger partial charge is 0.497 e. The van der Waals surface area contributed by atoms with Gasteiger partial charge in [0.15, 0.2) is 0 Å². The fourth-order valence-electron chi connectivity index (χ4n) is 2.96. The predicted molar refractivity (Wildman–Crippen MR) is 97.0 cm³/mol. The fourth-order valence-corrected chi connectivity index (χ4v) is 3.23. The Balaban J connectivity index is 1.94. The molecule has 2 aromatic heterocycles. The van der Waals surface area contributed by atoms with Crippen LogP contribution in [0.1, 0.15) is 5.56 Å². The third kappa shape index (κ3) is 2.49. The van der Waals surface area contributed by atoms with E-state index < -0.39 is 0 Å². The zero-order valence-electron chi connectivity index (χ0n) is 12.7. The van der Waals surface area contributed by atoms with Gasteiger partial charge in [0.25, 0.3) is 0 Å². The first-order valence-corrected chi connectivity index (χ1v) is 8.21. The molecule has 0 N–H and O–H groups in total. The lowest BCUT2D eigenvalue weighted by Gasteiger charge is -2.08. The molecular formula is C19H15BrN2O. The molecule has 4 aromatic rings. The quantitative estimate of drug-likeness (QED) is 0.509. The number of aromatic nitrogens is 2. The highest BCUT2D eigenvalue weighted by Crippen LogP contribution is 2.31. The topological polar surface area (TPSA) is 27.1 Å². The molecule has 0 bridgehead atoms. The molecule has 0 spiro atoms. The fraction of sp³-hybridized carbons (Fsp3) is 0.105. The van der Waals surface area contributed by atoms with E-state index in [1.54, 1.807) is 7.11 Å². The van der Waals surface area contributed by atoms with Crippen LogP contribution in [-0.4, -0.2) is 16.7 Å². The number of ether oxygens (including phenoxy) is 1. The molecule has 0 saturated carbocycles. The van der Waals surface area contributed by atoms with Crippen molar-refractivity contribution >= 4 is 37.9 Å². The lowest BCUT2D eigenvalue weighted by molar-refractivity contribution is 0.415. The average Bonchev–Trinajstić information content (AvgIpc) is 2.90. The number of benzene rings is 2. The van der Waals surface area contributed by atoms with Gasteiger partial charge in [-0.15, -0.1) is 0 Å². The summed E-state index contributed by atoms with van der Waals surface area (Å²) < 4.78 is 8.77. The van der Waals surface area contributed by atoms with Crippen molar-refractivity contribution in [1.29, 1.82) is 0 Å². The van der Waals surface area contributed by atoms with Gasteiger partial charge in [0, 0.05) is 22.6 Å². The summed E-state index contributed by atoms with van der Waals surface area (Å²) in [5, 5.41) is 1.12. The van der Waals surface area contributed by atoms with Crippen molar-refractivity contribution < 1.29 is 4.74 Å². The molecule has 4 heteroatoms. The Morgan fingerprint density at radius 3 is 2.65 bits per heavy atom. The van der Waals surface area contributed by atoms with Gasteiger partial charge in [-0.2, -0.15) is 0 Å². The molecule has 0 atom stereocenters. The maximum Gasteiger partial charge on any atom is 0.119 e. The van der Waals surface area contributed by atoms with Gasteiger partial charge in [-0.25, -0.2) is 0 Å². The highest BCUT2D eigenvalue weighted by molar-refractivity contribution is 9.10. The third-order valence-electron chi connectivity index (χ3n) is 4.08. The molecule has 0 aliphatic rings. The molecule has 4 rings (SSSR count). The molecule has 23 heavy (non-hydrogen) atoms. The molecule has 114 valence electrons. The highest BCUT2D eigenvalue weighted by atomic mass is 79.9. The van der Waals surface area contributed by atoms with Crippen LogP contribution in [-0.2, 0) is 6.54 Å². The van der Waals surface area contributed by atoms with Gasteiger partial charge in [-0.1, -0.05) is 28.1 Å². The molecule has 0 radical (unpaired) electrons. The van der Waals surface area contributed by atoms with Crippen LogP contribution in [0.4, 0.5) is 0 Å². The summed E-state index contributed by atoms with van der Waals surface area (Å²) in [6.07, 6.45) is 1.84. The SMILES string of the molecule is COc1ccc2c(c1)c1ncccc1n2Cc1ccc(Br)cc1. The Bertz CT molecular complexity index is 990. The van der Waals surface area contributed by atoms with Crippen molar-refractivity contribution in [2.45, 2.75) is 6.54 Å². The number of halogens is 1. The van der Waals surface area contributed by atoms with E-state index in [0.29, 0.717) is 0 Å². The van der Waals surface area contributed by atoms with Crippen LogP contribution < -0.4 is 4.74 Å². The maximum atomic E-state index is 5.37. The van der Waals surface area contributed by atoms with Crippen molar-refractivity contribution in [3.8, 4) is 5.75 Å². The monoisotopic (exact) mass is 366 g/mol. The van der Waals surface area contributed by atoms with Gasteiger partial charge < -0.3 is 9.30 Å². The summed E-state index contributed by atoms with van der Waals surface area (Å²) in [7, 11) is 1.69. The Kier molecular flexibility index (Phi) is 3.54. The smallest absolute Gasteiger partial charge is 0.119 e. The van der Waals surface area contributed by atoms with Gasteiger partial charge in [-0.05, 0) is 48.0 Å².